The first kappa shape index (κ1) is 29.8. The first-order valence-corrected chi connectivity index (χ1v) is 14.4. The zero-order valence-electron chi connectivity index (χ0n) is 23.0. The molecule has 1 aromatic heterocycles. The largest absolute Gasteiger partial charge is 0.490 e. The highest BCUT2D eigenvalue weighted by Crippen LogP contribution is 2.24. The molecule has 0 radical (unpaired) electrons. The van der Waals surface area contributed by atoms with Gasteiger partial charge in [0.15, 0.2) is 11.6 Å². The van der Waals surface area contributed by atoms with Crippen molar-refractivity contribution in [1.29, 1.82) is 0 Å². The van der Waals surface area contributed by atoms with Gasteiger partial charge in [-0.2, -0.15) is 0 Å². The Bertz CT molecular complexity index is 838. The van der Waals surface area contributed by atoms with Crippen molar-refractivity contribution in [3.8, 4) is 17.1 Å². The quantitative estimate of drug-likeness (QED) is 0.135. The van der Waals surface area contributed by atoms with Gasteiger partial charge in [-0.1, -0.05) is 116 Å². The van der Waals surface area contributed by atoms with Gasteiger partial charge in [0.1, 0.15) is 6.10 Å². The third-order valence-electron chi connectivity index (χ3n) is 6.55. The maximum Gasteiger partial charge on any atom is 0.339 e. The van der Waals surface area contributed by atoms with Gasteiger partial charge in [-0.3, -0.25) is 0 Å². The Labute approximate surface area is 219 Å². The summed E-state index contributed by atoms with van der Waals surface area (Å²) in [6, 6.07) is 7.41. The van der Waals surface area contributed by atoms with Crippen LogP contribution in [0.2, 0.25) is 0 Å². The van der Waals surface area contributed by atoms with Gasteiger partial charge in [0, 0.05) is 5.56 Å². The molecule has 0 saturated carbocycles. The van der Waals surface area contributed by atoms with Crippen molar-refractivity contribution in [2.45, 2.75) is 123 Å². The Morgan fingerprint density at radius 1 is 0.750 bits per heavy atom. The summed E-state index contributed by atoms with van der Waals surface area (Å²) in [6.45, 7) is 7.22. The third-order valence-corrected chi connectivity index (χ3v) is 6.55. The van der Waals surface area contributed by atoms with E-state index in [0.29, 0.717) is 29.3 Å². The van der Waals surface area contributed by atoms with Crippen molar-refractivity contribution in [3.05, 3.63) is 42.2 Å². The normalized spacial score (nSPS) is 11.9. The van der Waals surface area contributed by atoms with E-state index in [-0.39, 0.29) is 12.1 Å². The van der Waals surface area contributed by atoms with Crippen LogP contribution in [0, 0.1) is 0 Å². The summed E-state index contributed by atoms with van der Waals surface area (Å²) in [7, 11) is 0. The fourth-order valence-corrected chi connectivity index (χ4v) is 4.40. The summed E-state index contributed by atoms with van der Waals surface area (Å²) >= 11 is 0. The number of hydrogen-bond acceptors (Lipinski definition) is 5. The van der Waals surface area contributed by atoms with Gasteiger partial charge < -0.3 is 9.47 Å². The van der Waals surface area contributed by atoms with Crippen LogP contribution in [0.1, 0.15) is 127 Å². The highest BCUT2D eigenvalue weighted by Gasteiger charge is 2.19. The number of benzene rings is 1. The first-order chi connectivity index (χ1) is 17.7. The monoisotopic (exact) mass is 496 g/mol. The van der Waals surface area contributed by atoms with E-state index in [4.69, 9.17) is 9.47 Å². The minimum absolute atomic E-state index is 0.0435. The van der Waals surface area contributed by atoms with Crippen LogP contribution in [0.3, 0.4) is 0 Å². The van der Waals surface area contributed by atoms with Gasteiger partial charge in [0.2, 0.25) is 0 Å². The Hall–Kier alpha value is -2.43. The molecule has 0 aliphatic heterocycles. The summed E-state index contributed by atoms with van der Waals surface area (Å²) in [6.07, 6.45) is 21.3. The summed E-state index contributed by atoms with van der Waals surface area (Å²) in [5, 5.41) is 0. The zero-order valence-corrected chi connectivity index (χ0v) is 23.0. The highest BCUT2D eigenvalue weighted by atomic mass is 16.5. The molecule has 5 nitrogen and oxygen atoms in total. The summed E-state index contributed by atoms with van der Waals surface area (Å²) in [5.41, 5.74) is 1.20. The Morgan fingerprint density at radius 3 is 2.00 bits per heavy atom. The number of aromatic nitrogens is 2. The van der Waals surface area contributed by atoms with Crippen molar-refractivity contribution in [2.75, 3.05) is 6.61 Å². The second-order valence-corrected chi connectivity index (χ2v) is 9.78. The lowest BCUT2D eigenvalue weighted by Crippen LogP contribution is -2.19. The second kappa shape index (κ2) is 18.8. The molecular formula is C31H48N2O3. The fraction of sp³-hybridized carbons (Fsp3) is 0.645. The molecule has 0 aliphatic carbocycles. The van der Waals surface area contributed by atoms with E-state index >= 15 is 0 Å². The average molecular weight is 497 g/mol. The van der Waals surface area contributed by atoms with Gasteiger partial charge in [-0.05, 0) is 25.3 Å². The summed E-state index contributed by atoms with van der Waals surface area (Å²) in [5.74, 6) is 0.872. The molecule has 1 atom stereocenters. The third kappa shape index (κ3) is 11.5. The Balaban J connectivity index is 1.79. The summed E-state index contributed by atoms with van der Waals surface area (Å²) < 4.78 is 11.7. The van der Waals surface area contributed by atoms with Crippen molar-refractivity contribution >= 4 is 5.97 Å². The van der Waals surface area contributed by atoms with Crippen LogP contribution in [0.15, 0.2) is 36.7 Å². The molecule has 1 heterocycles. The number of rotatable bonds is 20. The van der Waals surface area contributed by atoms with Crippen molar-refractivity contribution in [1.82, 2.24) is 9.97 Å². The molecule has 0 spiro atoms. The fourth-order valence-electron chi connectivity index (χ4n) is 4.40. The number of hydrogen-bond donors (Lipinski definition) is 0. The molecule has 2 rings (SSSR count). The van der Waals surface area contributed by atoms with E-state index in [0.717, 1.165) is 38.5 Å². The van der Waals surface area contributed by atoms with Crippen LogP contribution >= 0.6 is 0 Å². The highest BCUT2D eigenvalue weighted by molar-refractivity contribution is 5.96. The van der Waals surface area contributed by atoms with Gasteiger partial charge in [-0.15, -0.1) is 0 Å². The molecule has 0 amide bonds. The summed E-state index contributed by atoms with van der Waals surface area (Å²) in [4.78, 5) is 21.9. The van der Waals surface area contributed by atoms with Gasteiger partial charge in [0.05, 0.1) is 24.6 Å². The zero-order chi connectivity index (χ0) is 25.8. The standard InChI is InChI=1S/C31H48N2O3/c1-4-7-9-10-11-12-13-14-15-18-23-35-27-24-32-30(33-25-27)28-21-16-17-22-29(28)31(34)36-26(19-6-3)20-8-5-2/h16-17,21-22,24-26H,4-15,18-20,23H2,1-3H3. The van der Waals surface area contributed by atoms with Gasteiger partial charge in [-0.25, -0.2) is 14.8 Å². The van der Waals surface area contributed by atoms with Crippen LogP contribution in [0.4, 0.5) is 0 Å². The molecule has 0 aliphatic rings. The Kier molecular flexibility index (Phi) is 15.5. The number of nitrogens with zero attached hydrogens (tertiary/aromatic N) is 2. The molecule has 0 saturated heterocycles. The molecule has 2 aromatic rings. The number of ether oxygens (including phenoxy) is 2. The molecule has 36 heavy (non-hydrogen) atoms. The second-order valence-electron chi connectivity index (χ2n) is 9.78. The topological polar surface area (TPSA) is 61.3 Å². The molecule has 5 heteroatoms. The predicted octanol–water partition coefficient (Wildman–Crippen LogP) is 8.96. The van der Waals surface area contributed by atoms with E-state index in [2.05, 4.69) is 30.7 Å². The van der Waals surface area contributed by atoms with Gasteiger partial charge in [0.25, 0.3) is 0 Å². The molecule has 0 N–H and O–H groups in total. The molecule has 200 valence electrons. The molecule has 1 aromatic carbocycles. The van der Waals surface area contributed by atoms with Crippen LogP contribution in [-0.2, 0) is 4.74 Å². The first-order valence-electron chi connectivity index (χ1n) is 14.4. The van der Waals surface area contributed by atoms with Crippen molar-refractivity contribution in [3.63, 3.8) is 0 Å². The minimum atomic E-state index is -0.301. The lowest BCUT2D eigenvalue weighted by molar-refractivity contribution is 0.0255. The van der Waals surface area contributed by atoms with E-state index in [1.54, 1.807) is 18.5 Å². The molecular weight excluding hydrogens is 448 g/mol. The molecule has 0 fully saturated rings. The average Bonchev–Trinajstić information content (AvgIpc) is 2.91. The minimum Gasteiger partial charge on any atom is -0.490 e. The smallest absolute Gasteiger partial charge is 0.339 e. The van der Waals surface area contributed by atoms with Crippen LogP contribution in [-0.4, -0.2) is 28.6 Å². The number of unbranched alkanes of at least 4 members (excludes halogenated alkanes) is 10. The van der Waals surface area contributed by atoms with Gasteiger partial charge >= 0.3 is 5.97 Å². The van der Waals surface area contributed by atoms with E-state index in [1.165, 1.54) is 57.8 Å². The Morgan fingerprint density at radius 2 is 1.36 bits per heavy atom. The van der Waals surface area contributed by atoms with Crippen LogP contribution in [0.5, 0.6) is 5.75 Å². The molecule has 0 bridgehead atoms. The van der Waals surface area contributed by atoms with Crippen molar-refractivity contribution < 1.29 is 14.3 Å². The van der Waals surface area contributed by atoms with Crippen LogP contribution in [0.25, 0.3) is 11.4 Å². The van der Waals surface area contributed by atoms with E-state index in [1.807, 2.05) is 18.2 Å². The number of carbonyl (C=O) groups excluding carboxylic acids is 1. The SMILES string of the molecule is CCCCCCCCCCCCOc1cnc(-c2ccccc2C(=O)OC(CCC)CCCC)nc1. The maximum atomic E-state index is 13.0. The van der Waals surface area contributed by atoms with Crippen molar-refractivity contribution in [2.24, 2.45) is 0 Å². The lowest BCUT2D eigenvalue weighted by Gasteiger charge is -2.18. The predicted molar refractivity (Wildman–Crippen MR) is 148 cm³/mol. The lowest BCUT2D eigenvalue weighted by atomic mass is 10.1. The number of esters is 1. The molecule has 1 unspecified atom stereocenters. The number of carbonyl (C=O) groups is 1. The van der Waals surface area contributed by atoms with E-state index < -0.39 is 0 Å². The van der Waals surface area contributed by atoms with Crippen LogP contribution < -0.4 is 4.74 Å². The maximum absolute atomic E-state index is 13.0. The van der Waals surface area contributed by atoms with E-state index in [9.17, 15) is 4.79 Å².